The van der Waals surface area contributed by atoms with Gasteiger partial charge in [-0.2, -0.15) is 0 Å². The second-order valence-electron chi connectivity index (χ2n) is 4.95. The van der Waals surface area contributed by atoms with Gasteiger partial charge in [0.2, 0.25) is 0 Å². The van der Waals surface area contributed by atoms with E-state index in [4.69, 9.17) is 13.3 Å². The van der Waals surface area contributed by atoms with Crippen LogP contribution < -0.4 is 0 Å². The molecule has 0 heterocycles. The van der Waals surface area contributed by atoms with E-state index in [0.29, 0.717) is 6.04 Å². The number of thioether (sulfide) groups is 1. The smallest absolute Gasteiger partial charge is 0.480 e. The first-order valence-electron chi connectivity index (χ1n) is 7.55. The second-order valence-corrected chi connectivity index (χ2v) is 9.35. The highest BCUT2D eigenvalue weighted by molar-refractivity contribution is 8.00. The molecule has 0 aliphatic heterocycles. The zero-order valence-electron chi connectivity index (χ0n) is 13.7. The van der Waals surface area contributed by atoms with Crippen molar-refractivity contribution in [3.63, 3.8) is 0 Å². The van der Waals surface area contributed by atoms with Gasteiger partial charge in [0.25, 0.3) is 0 Å². The first-order valence-corrected chi connectivity index (χ1v) is 10.5. The molecule has 0 radical (unpaired) electrons. The number of rotatable bonds is 14. The van der Waals surface area contributed by atoms with Crippen LogP contribution in [0.5, 0.6) is 0 Å². The number of carboxylic acids is 1. The average molecular weight is 339 g/mol. The molecule has 0 amide bonds. The molecule has 0 saturated heterocycles. The van der Waals surface area contributed by atoms with Crippen LogP contribution in [0.4, 0.5) is 0 Å². The van der Waals surface area contributed by atoms with Crippen molar-refractivity contribution in [3.8, 4) is 0 Å². The third-order valence-electron chi connectivity index (χ3n) is 3.47. The molecule has 0 spiro atoms. The number of unbranched alkanes of at least 4 members (excludes halogenated alkanes) is 3. The summed E-state index contributed by atoms with van der Waals surface area (Å²) in [6.07, 6.45) is 6.05. The van der Waals surface area contributed by atoms with Crippen LogP contribution in [0.3, 0.4) is 0 Å². The lowest BCUT2D eigenvalue weighted by Crippen LogP contribution is -2.42. The number of aliphatic carboxylic acids is 1. The van der Waals surface area contributed by atoms with Crippen molar-refractivity contribution < 1.29 is 23.2 Å². The summed E-state index contributed by atoms with van der Waals surface area (Å²) in [5.41, 5.74) is 0. The van der Waals surface area contributed by atoms with Crippen molar-refractivity contribution in [3.05, 3.63) is 0 Å². The maximum absolute atomic E-state index is 11.2. The highest BCUT2D eigenvalue weighted by Gasteiger charge is 2.36. The molecule has 0 aromatic rings. The lowest BCUT2D eigenvalue weighted by atomic mass is 10.1. The van der Waals surface area contributed by atoms with Gasteiger partial charge in [0.15, 0.2) is 0 Å². The molecule has 0 aromatic carbocycles. The van der Waals surface area contributed by atoms with Gasteiger partial charge >= 0.3 is 14.8 Å². The van der Waals surface area contributed by atoms with Crippen LogP contribution in [0.25, 0.3) is 0 Å². The molecule has 1 N–H and O–H groups in total. The van der Waals surface area contributed by atoms with E-state index in [1.807, 2.05) is 0 Å². The van der Waals surface area contributed by atoms with Crippen molar-refractivity contribution in [1.29, 1.82) is 0 Å². The van der Waals surface area contributed by atoms with Gasteiger partial charge in [-0.05, 0) is 18.6 Å². The largest absolute Gasteiger partial charge is 0.500 e. The van der Waals surface area contributed by atoms with E-state index in [1.54, 1.807) is 21.3 Å². The topological polar surface area (TPSA) is 65.0 Å². The fourth-order valence-electron chi connectivity index (χ4n) is 2.11. The summed E-state index contributed by atoms with van der Waals surface area (Å²) < 4.78 is 16.1. The van der Waals surface area contributed by atoms with Crippen molar-refractivity contribution in [1.82, 2.24) is 0 Å². The first kappa shape index (κ1) is 20.9. The Labute approximate surface area is 134 Å². The van der Waals surface area contributed by atoms with Gasteiger partial charge in [0.05, 0.1) is 0 Å². The minimum Gasteiger partial charge on any atom is -0.480 e. The molecule has 7 heteroatoms. The molecule has 0 aromatic heterocycles. The predicted octanol–water partition coefficient (Wildman–Crippen LogP) is 3.41. The highest BCUT2D eigenvalue weighted by Crippen LogP contribution is 2.23. The van der Waals surface area contributed by atoms with Crippen molar-refractivity contribution in [2.24, 2.45) is 0 Å². The van der Waals surface area contributed by atoms with Gasteiger partial charge in [-0.3, -0.25) is 4.79 Å². The lowest BCUT2D eigenvalue weighted by molar-refractivity contribution is -0.136. The molecule has 0 fully saturated rings. The summed E-state index contributed by atoms with van der Waals surface area (Å²) in [6.45, 7) is 2.15. The minimum atomic E-state index is -2.51. The Bertz CT molecular complexity index is 266. The van der Waals surface area contributed by atoms with E-state index in [1.165, 1.54) is 24.6 Å². The number of carbonyl (C=O) groups is 1. The van der Waals surface area contributed by atoms with Crippen LogP contribution in [0.15, 0.2) is 0 Å². The van der Waals surface area contributed by atoms with Gasteiger partial charge in [-0.1, -0.05) is 32.6 Å². The lowest BCUT2D eigenvalue weighted by Gasteiger charge is -2.24. The molecule has 1 atom stereocenters. The standard InChI is InChI=1S/C14H30O5SSi/c1-5-6-7-8-10-13(14(15)16)20-11-9-12-21(17-2,18-3)19-4/h13H,5-12H2,1-4H3,(H,15,16). The molecule has 0 aliphatic carbocycles. The Morgan fingerprint density at radius 3 is 2.19 bits per heavy atom. The fraction of sp³-hybridized carbons (Fsp3) is 0.929. The van der Waals surface area contributed by atoms with Crippen LogP contribution in [-0.4, -0.2) is 52.2 Å². The number of hydrogen-bond donors (Lipinski definition) is 1. The summed E-state index contributed by atoms with van der Waals surface area (Å²) in [7, 11) is 2.28. The predicted molar refractivity (Wildman–Crippen MR) is 88.8 cm³/mol. The van der Waals surface area contributed by atoms with Crippen molar-refractivity contribution >= 4 is 26.5 Å². The molecule has 0 aliphatic rings. The highest BCUT2D eigenvalue weighted by atomic mass is 32.2. The van der Waals surface area contributed by atoms with E-state index >= 15 is 0 Å². The zero-order chi connectivity index (χ0) is 16.1. The fourth-order valence-corrected chi connectivity index (χ4v) is 5.15. The SMILES string of the molecule is CCCCCCC(SCCC[Si](OC)(OC)OC)C(=O)O. The Kier molecular flexibility index (Phi) is 12.4. The van der Waals surface area contributed by atoms with Crippen LogP contribution in [0.2, 0.25) is 6.04 Å². The summed E-state index contributed by atoms with van der Waals surface area (Å²) in [5, 5.41) is 8.94. The van der Waals surface area contributed by atoms with E-state index in [2.05, 4.69) is 6.92 Å². The molecule has 1 unspecified atom stereocenters. The van der Waals surface area contributed by atoms with E-state index < -0.39 is 14.8 Å². The van der Waals surface area contributed by atoms with Crippen molar-refractivity contribution in [2.45, 2.75) is 56.7 Å². The van der Waals surface area contributed by atoms with Crippen LogP contribution in [0.1, 0.15) is 45.4 Å². The maximum Gasteiger partial charge on any atom is 0.500 e. The molecule has 0 rings (SSSR count). The molecule has 0 bridgehead atoms. The molecule has 21 heavy (non-hydrogen) atoms. The van der Waals surface area contributed by atoms with E-state index in [9.17, 15) is 9.90 Å². The van der Waals surface area contributed by atoms with Crippen LogP contribution >= 0.6 is 11.8 Å². The zero-order valence-corrected chi connectivity index (χ0v) is 15.5. The quantitative estimate of drug-likeness (QED) is 0.387. The van der Waals surface area contributed by atoms with Crippen LogP contribution in [0, 0.1) is 0 Å². The minimum absolute atomic E-state index is 0.300. The third kappa shape index (κ3) is 8.82. The Hall–Kier alpha value is -0.0831. The maximum atomic E-state index is 11.2. The van der Waals surface area contributed by atoms with Gasteiger partial charge in [-0.15, -0.1) is 11.8 Å². The summed E-state index contributed by atoms with van der Waals surface area (Å²) in [4.78, 5) is 11.2. The number of hydrogen-bond acceptors (Lipinski definition) is 5. The summed E-state index contributed by atoms with van der Waals surface area (Å²) in [5.74, 6) is 0.0838. The molecule has 126 valence electrons. The second kappa shape index (κ2) is 12.5. The average Bonchev–Trinajstić information content (AvgIpc) is 2.49. The monoisotopic (exact) mass is 338 g/mol. The van der Waals surface area contributed by atoms with Gasteiger partial charge < -0.3 is 18.4 Å². The van der Waals surface area contributed by atoms with Crippen molar-refractivity contribution in [2.75, 3.05) is 27.1 Å². The molecular weight excluding hydrogens is 308 g/mol. The first-order chi connectivity index (χ1) is 10.0. The Balaban J connectivity index is 4.00. The normalized spacial score (nSPS) is 13.3. The van der Waals surface area contributed by atoms with Gasteiger partial charge in [0, 0.05) is 27.4 Å². The summed E-state index contributed by atoms with van der Waals surface area (Å²) >= 11 is 1.52. The third-order valence-corrected chi connectivity index (χ3v) is 7.67. The molecule has 5 nitrogen and oxygen atoms in total. The summed E-state index contributed by atoms with van der Waals surface area (Å²) in [6, 6.07) is 0.714. The van der Waals surface area contributed by atoms with Gasteiger partial charge in [-0.25, -0.2) is 0 Å². The molecule has 0 saturated carbocycles. The Morgan fingerprint density at radius 2 is 1.71 bits per heavy atom. The van der Waals surface area contributed by atoms with E-state index in [-0.39, 0.29) is 5.25 Å². The van der Waals surface area contributed by atoms with E-state index in [0.717, 1.165) is 31.4 Å². The number of carboxylic acid groups (broad SMARTS) is 1. The van der Waals surface area contributed by atoms with Crippen LogP contribution in [-0.2, 0) is 18.1 Å². The van der Waals surface area contributed by atoms with Gasteiger partial charge in [0.1, 0.15) is 5.25 Å². The Morgan fingerprint density at radius 1 is 1.10 bits per heavy atom. The molecular formula is C14H30O5SSi.